The van der Waals surface area contributed by atoms with Crippen LogP contribution in [0.1, 0.15) is 27.7 Å². The maximum atomic E-state index is 8.87. The predicted molar refractivity (Wildman–Crippen MR) is 43.8 cm³/mol. The van der Waals surface area contributed by atoms with Crippen LogP contribution in [-0.4, -0.2) is 29.3 Å². The van der Waals surface area contributed by atoms with Crippen molar-refractivity contribution in [2.24, 2.45) is 5.92 Å². The van der Waals surface area contributed by atoms with Gasteiger partial charge in [-0.1, -0.05) is 13.8 Å². The van der Waals surface area contributed by atoms with Gasteiger partial charge in [-0.3, -0.25) is 4.90 Å². The molecule has 2 heteroatoms. The van der Waals surface area contributed by atoms with Gasteiger partial charge in [-0.15, -0.1) is 0 Å². The van der Waals surface area contributed by atoms with E-state index < -0.39 is 0 Å². The molecule has 0 spiro atoms. The van der Waals surface area contributed by atoms with Crippen LogP contribution >= 0.6 is 0 Å². The van der Waals surface area contributed by atoms with Gasteiger partial charge in [0.1, 0.15) is 0 Å². The molecule has 0 heterocycles. The van der Waals surface area contributed by atoms with E-state index in [0.717, 1.165) is 6.54 Å². The van der Waals surface area contributed by atoms with E-state index in [0.29, 0.717) is 12.0 Å². The van der Waals surface area contributed by atoms with Crippen molar-refractivity contribution in [2.75, 3.05) is 13.3 Å². The fourth-order valence-electron chi connectivity index (χ4n) is 0.901. The van der Waals surface area contributed by atoms with Crippen molar-refractivity contribution in [1.82, 2.24) is 4.90 Å². The van der Waals surface area contributed by atoms with Crippen LogP contribution in [0.4, 0.5) is 0 Å². The summed E-state index contributed by atoms with van der Waals surface area (Å²) in [7, 11) is 0. The van der Waals surface area contributed by atoms with Gasteiger partial charge in [-0.05, 0) is 19.8 Å². The van der Waals surface area contributed by atoms with Crippen LogP contribution in [0.25, 0.3) is 0 Å². The van der Waals surface area contributed by atoms with E-state index in [1.165, 1.54) is 0 Å². The van der Waals surface area contributed by atoms with E-state index in [2.05, 4.69) is 27.7 Å². The van der Waals surface area contributed by atoms with Crippen LogP contribution in [0, 0.1) is 5.92 Å². The predicted octanol–water partition coefficient (Wildman–Crippen LogP) is 1.30. The highest BCUT2D eigenvalue weighted by Gasteiger charge is 2.08. The molecule has 0 aromatic heterocycles. The van der Waals surface area contributed by atoms with Crippen molar-refractivity contribution < 1.29 is 5.11 Å². The summed E-state index contributed by atoms with van der Waals surface area (Å²) in [6, 6.07) is 0.451. The van der Waals surface area contributed by atoms with Crippen molar-refractivity contribution in [3.8, 4) is 0 Å². The monoisotopic (exact) mass is 145 g/mol. The molecule has 0 saturated heterocycles. The van der Waals surface area contributed by atoms with Gasteiger partial charge in [0, 0.05) is 12.6 Å². The minimum atomic E-state index is 0.176. The number of hydrogen-bond donors (Lipinski definition) is 1. The SMILES string of the molecule is CC(C)CN(CO)C(C)C. The maximum absolute atomic E-state index is 8.87. The van der Waals surface area contributed by atoms with E-state index in [1.807, 2.05) is 4.90 Å². The highest BCUT2D eigenvalue weighted by atomic mass is 16.3. The van der Waals surface area contributed by atoms with Gasteiger partial charge in [-0.2, -0.15) is 0 Å². The first-order chi connectivity index (χ1) is 4.57. The second kappa shape index (κ2) is 4.69. The third-order valence-electron chi connectivity index (χ3n) is 1.51. The fourth-order valence-corrected chi connectivity index (χ4v) is 0.901. The third-order valence-corrected chi connectivity index (χ3v) is 1.51. The van der Waals surface area contributed by atoms with Crippen LogP contribution in [0.5, 0.6) is 0 Å². The van der Waals surface area contributed by atoms with E-state index in [4.69, 9.17) is 5.11 Å². The summed E-state index contributed by atoms with van der Waals surface area (Å²) in [5, 5.41) is 8.87. The molecule has 0 aromatic carbocycles. The molecule has 0 aromatic rings. The second-order valence-electron chi connectivity index (χ2n) is 3.40. The van der Waals surface area contributed by atoms with E-state index in [-0.39, 0.29) is 6.73 Å². The number of rotatable bonds is 4. The molecule has 0 unspecified atom stereocenters. The number of hydrogen-bond acceptors (Lipinski definition) is 2. The smallest absolute Gasteiger partial charge is 0.0958 e. The van der Waals surface area contributed by atoms with Crippen LogP contribution in [0.3, 0.4) is 0 Å². The molecule has 62 valence electrons. The molecule has 0 aliphatic rings. The molecule has 0 rings (SSSR count). The molecule has 0 amide bonds. The van der Waals surface area contributed by atoms with Gasteiger partial charge in [0.05, 0.1) is 6.73 Å². The molecular weight excluding hydrogens is 126 g/mol. The lowest BCUT2D eigenvalue weighted by atomic mass is 10.2. The molecule has 0 radical (unpaired) electrons. The van der Waals surface area contributed by atoms with Gasteiger partial charge in [0.15, 0.2) is 0 Å². The van der Waals surface area contributed by atoms with Crippen molar-refractivity contribution in [3.05, 3.63) is 0 Å². The molecule has 10 heavy (non-hydrogen) atoms. The summed E-state index contributed by atoms with van der Waals surface area (Å²) in [6.07, 6.45) is 0. The van der Waals surface area contributed by atoms with Crippen LogP contribution in [-0.2, 0) is 0 Å². The first-order valence-corrected chi connectivity index (χ1v) is 3.92. The normalized spacial score (nSPS) is 12.0. The Kier molecular flexibility index (Phi) is 4.65. The van der Waals surface area contributed by atoms with Crippen molar-refractivity contribution in [2.45, 2.75) is 33.7 Å². The molecule has 0 aliphatic carbocycles. The van der Waals surface area contributed by atoms with Crippen molar-refractivity contribution >= 4 is 0 Å². The largest absolute Gasteiger partial charge is 0.381 e. The lowest BCUT2D eigenvalue weighted by Gasteiger charge is -2.25. The summed E-state index contributed by atoms with van der Waals surface area (Å²) >= 11 is 0. The molecule has 1 N–H and O–H groups in total. The fraction of sp³-hybridized carbons (Fsp3) is 1.00. The zero-order valence-corrected chi connectivity index (χ0v) is 7.46. The summed E-state index contributed by atoms with van der Waals surface area (Å²) in [5.74, 6) is 0.634. The Hall–Kier alpha value is -0.0800. The number of nitrogens with zero attached hydrogens (tertiary/aromatic N) is 1. The Morgan fingerprint density at radius 1 is 1.20 bits per heavy atom. The number of aliphatic hydroxyl groups excluding tert-OH is 1. The average molecular weight is 145 g/mol. The van der Waals surface area contributed by atoms with Gasteiger partial charge in [0.2, 0.25) is 0 Å². The van der Waals surface area contributed by atoms with Gasteiger partial charge >= 0.3 is 0 Å². The van der Waals surface area contributed by atoms with Crippen LogP contribution < -0.4 is 0 Å². The lowest BCUT2D eigenvalue weighted by Crippen LogP contribution is -2.34. The Morgan fingerprint density at radius 3 is 1.80 bits per heavy atom. The third kappa shape index (κ3) is 3.85. The van der Waals surface area contributed by atoms with Gasteiger partial charge in [-0.25, -0.2) is 0 Å². The summed E-state index contributed by atoms with van der Waals surface area (Å²) < 4.78 is 0. The van der Waals surface area contributed by atoms with Crippen LogP contribution in [0.2, 0.25) is 0 Å². The molecule has 0 atom stereocenters. The highest BCUT2D eigenvalue weighted by Crippen LogP contribution is 2.01. The zero-order valence-electron chi connectivity index (χ0n) is 7.46. The molecule has 0 saturated carbocycles. The Bertz CT molecular complexity index is 81.3. The quantitative estimate of drug-likeness (QED) is 0.603. The first-order valence-electron chi connectivity index (χ1n) is 3.92. The first kappa shape index (κ1) is 9.92. The maximum Gasteiger partial charge on any atom is 0.0958 e. The zero-order chi connectivity index (χ0) is 8.15. The summed E-state index contributed by atoms with van der Waals surface area (Å²) in [6.45, 7) is 9.66. The standard InChI is InChI=1S/C8H19NO/c1-7(2)5-9(6-10)8(3)4/h7-8,10H,5-6H2,1-4H3. The minimum Gasteiger partial charge on any atom is -0.381 e. The molecule has 0 fully saturated rings. The Morgan fingerprint density at radius 2 is 1.70 bits per heavy atom. The minimum absolute atomic E-state index is 0.176. The van der Waals surface area contributed by atoms with Gasteiger partial charge in [0.25, 0.3) is 0 Å². The summed E-state index contributed by atoms with van der Waals surface area (Å²) in [5.41, 5.74) is 0. The lowest BCUT2D eigenvalue weighted by molar-refractivity contribution is 0.0699. The Balaban J connectivity index is 3.60. The molecule has 0 bridgehead atoms. The van der Waals surface area contributed by atoms with Crippen molar-refractivity contribution in [3.63, 3.8) is 0 Å². The average Bonchev–Trinajstić information content (AvgIpc) is 1.81. The molecule has 0 aliphatic heterocycles. The van der Waals surface area contributed by atoms with E-state index in [9.17, 15) is 0 Å². The van der Waals surface area contributed by atoms with Crippen LogP contribution in [0.15, 0.2) is 0 Å². The van der Waals surface area contributed by atoms with Gasteiger partial charge < -0.3 is 5.11 Å². The van der Waals surface area contributed by atoms with Crippen molar-refractivity contribution in [1.29, 1.82) is 0 Å². The Labute approximate surface area is 63.8 Å². The number of aliphatic hydroxyl groups is 1. The van der Waals surface area contributed by atoms with E-state index >= 15 is 0 Å². The summed E-state index contributed by atoms with van der Waals surface area (Å²) in [4.78, 5) is 2.05. The highest BCUT2D eigenvalue weighted by molar-refractivity contribution is 4.59. The van der Waals surface area contributed by atoms with E-state index in [1.54, 1.807) is 0 Å². The molecular formula is C8H19NO. The topological polar surface area (TPSA) is 23.5 Å². The molecule has 2 nitrogen and oxygen atoms in total. The second-order valence-corrected chi connectivity index (χ2v) is 3.40.